The summed E-state index contributed by atoms with van der Waals surface area (Å²) in [6.07, 6.45) is 6.15. The van der Waals surface area contributed by atoms with Gasteiger partial charge in [0.1, 0.15) is 0 Å². The summed E-state index contributed by atoms with van der Waals surface area (Å²) < 4.78 is 0. The molecule has 3 heteroatoms. The van der Waals surface area contributed by atoms with Crippen LogP contribution in [0.15, 0.2) is 36.8 Å². The first-order valence-electron chi connectivity index (χ1n) is 4.85. The molecule has 76 valence electrons. The van der Waals surface area contributed by atoms with Gasteiger partial charge in [-0.05, 0) is 36.2 Å². The van der Waals surface area contributed by atoms with E-state index < -0.39 is 0 Å². The topological polar surface area (TPSA) is 51.8 Å². The molecule has 0 unspecified atom stereocenters. The highest BCUT2D eigenvalue weighted by molar-refractivity contribution is 5.46. The largest absolute Gasteiger partial charge is 0.397 e. The van der Waals surface area contributed by atoms with E-state index in [1.54, 1.807) is 12.4 Å². The van der Waals surface area contributed by atoms with Crippen molar-refractivity contribution >= 4 is 5.69 Å². The highest BCUT2D eigenvalue weighted by Gasteiger charge is 2.02. The molecule has 15 heavy (non-hydrogen) atoms. The SMILES string of the molecule is Cc1cnc(Cc2ccncc2)c(N)c1. The average Bonchev–Trinajstić information content (AvgIpc) is 2.24. The normalized spacial score (nSPS) is 10.2. The maximum Gasteiger partial charge on any atom is 0.0676 e. The Labute approximate surface area is 89.0 Å². The van der Waals surface area contributed by atoms with E-state index in [0.717, 1.165) is 23.4 Å². The van der Waals surface area contributed by atoms with Crippen LogP contribution in [0.1, 0.15) is 16.8 Å². The van der Waals surface area contributed by atoms with E-state index in [0.29, 0.717) is 0 Å². The average molecular weight is 199 g/mol. The smallest absolute Gasteiger partial charge is 0.0676 e. The van der Waals surface area contributed by atoms with Crippen molar-refractivity contribution < 1.29 is 0 Å². The lowest BCUT2D eigenvalue weighted by Crippen LogP contribution is -1.99. The zero-order valence-corrected chi connectivity index (χ0v) is 8.64. The van der Waals surface area contributed by atoms with Crippen LogP contribution in [0.4, 0.5) is 5.69 Å². The van der Waals surface area contributed by atoms with Crippen molar-refractivity contribution in [2.24, 2.45) is 0 Å². The summed E-state index contributed by atoms with van der Waals surface area (Å²) >= 11 is 0. The van der Waals surface area contributed by atoms with Crippen molar-refractivity contribution in [2.45, 2.75) is 13.3 Å². The summed E-state index contributed by atoms with van der Waals surface area (Å²) in [6, 6.07) is 5.89. The van der Waals surface area contributed by atoms with Crippen molar-refractivity contribution in [3.05, 3.63) is 53.6 Å². The molecule has 2 aromatic rings. The number of anilines is 1. The van der Waals surface area contributed by atoms with E-state index in [2.05, 4.69) is 9.97 Å². The number of pyridine rings is 2. The lowest BCUT2D eigenvalue weighted by molar-refractivity contribution is 1.06. The molecular formula is C12H13N3. The number of rotatable bonds is 2. The third kappa shape index (κ3) is 2.31. The number of hydrogen-bond donors (Lipinski definition) is 1. The highest BCUT2D eigenvalue weighted by atomic mass is 14.7. The fraction of sp³-hybridized carbons (Fsp3) is 0.167. The molecule has 0 bridgehead atoms. The first-order chi connectivity index (χ1) is 7.25. The minimum Gasteiger partial charge on any atom is -0.397 e. The maximum absolute atomic E-state index is 5.89. The van der Waals surface area contributed by atoms with Crippen molar-refractivity contribution in [3.63, 3.8) is 0 Å². The van der Waals surface area contributed by atoms with Crippen LogP contribution in [-0.2, 0) is 6.42 Å². The van der Waals surface area contributed by atoms with Gasteiger partial charge >= 0.3 is 0 Å². The van der Waals surface area contributed by atoms with Gasteiger partial charge in [0, 0.05) is 25.0 Å². The molecule has 0 saturated heterocycles. The first-order valence-corrected chi connectivity index (χ1v) is 4.85. The molecule has 0 aliphatic heterocycles. The first kappa shape index (κ1) is 9.65. The van der Waals surface area contributed by atoms with Gasteiger partial charge in [-0.15, -0.1) is 0 Å². The molecule has 0 atom stereocenters. The third-order valence-electron chi connectivity index (χ3n) is 2.26. The molecule has 0 radical (unpaired) electrons. The van der Waals surface area contributed by atoms with E-state index >= 15 is 0 Å². The summed E-state index contributed by atoms with van der Waals surface area (Å²) in [5.41, 5.74) is 9.83. The number of nitrogens with zero attached hydrogens (tertiary/aromatic N) is 2. The molecular weight excluding hydrogens is 186 g/mol. The van der Waals surface area contributed by atoms with Crippen LogP contribution in [0.2, 0.25) is 0 Å². The second kappa shape index (κ2) is 4.09. The Kier molecular flexibility index (Phi) is 2.63. The molecule has 0 spiro atoms. The van der Waals surface area contributed by atoms with Crippen LogP contribution in [-0.4, -0.2) is 9.97 Å². The molecule has 2 heterocycles. The highest BCUT2D eigenvalue weighted by Crippen LogP contribution is 2.14. The number of aromatic nitrogens is 2. The molecule has 2 N–H and O–H groups in total. The molecule has 3 nitrogen and oxygen atoms in total. The summed E-state index contributed by atoms with van der Waals surface area (Å²) in [5, 5.41) is 0. The van der Waals surface area contributed by atoms with Crippen LogP contribution >= 0.6 is 0 Å². The Hall–Kier alpha value is -1.90. The molecule has 2 rings (SSSR count). The predicted octanol–water partition coefficient (Wildman–Crippen LogP) is 1.96. The number of nitrogen functional groups attached to an aromatic ring is 1. The lowest BCUT2D eigenvalue weighted by atomic mass is 10.1. The summed E-state index contributed by atoms with van der Waals surface area (Å²) in [7, 11) is 0. The van der Waals surface area contributed by atoms with E-state index in [9.17, 15) is 0 Å². The van der Waals surface area contributed by atoms with Gasteiger partial charge in [-0.3, -0.25) is 9.97 Å². The van der Waals surface area contributed by atoms with Crippen LogP contribution in [0.25, 0.3) is 0 Å². The Balaban J connectivity index is 2.25. The molecule has 0 amide bonds. The van der Waals surface area contributed by atoms with E-state index in [4.69, 9.17) is 5.73 Å². The maximum atomic E-state index is 5.89. The molecule has 0 aromatic carbocycles. The second-order valence-corrected chi connectivity index (χ2v) is 3.58. The summed E-state index contributed by atoms with van der Waals surface area (Å²) in [6.45, 7) is 1.99. The van der Waals surface area contributed by atoms with Gasteiger partial charge in [-0.1, -0.05) is 0 Å². The molecule has 0 fully saturated rings. The zero-order chi connectivity index (χ0) is 10.7. The van der Waals surface area contributed by atoms with Gasteiger partial charge in [0.05, 0.1) is 11.4 Å². The fourth-order valence-corrected chi connectivity index (χ4v) is 1.46. The molecule has 0 aliphatic carbocycles. The quantitative estimate of drug-likeness (QED) is 0.804. The summed E-state index contributed by atoms with van der Waals surface area (Å²) in [4.78, 5) is 8.30. The third-order valence-corrected chi connectivity index (χ3v) is 2.26. The minimum atomic E-state index is 0.756. The lowest BCUT2D eigenvalue weighted by Gasteiger charge is -2.05. The Morgan fingerprint density at radius 1 is 1.27 bits per heavy atom. The van der Waals surface area contributed by atoms with Crippen molar-refractivity contribution in [3.8, 4) is 0 Å². The van der Waals surface area contributed by atoms with Gasteiger partial charge in [-0.2, -0.15) is 0 Å². The van der Waals surface area contributed by atoms with Crippen LogP contribution in [0, 0.1) is 6.92 Å². The van der Waals surface area contributed by atoms with Gasteiger partial charge in [0.2, 0.25) is 0 Å². The van der Waals surface area contributed by atoms with Crippen molar-refractivity contribution in [2.75, 3.05) is 5.73 Å². The van der Waals surface area contributed by atoms with Gasteiger partial charge in [0.25, 0.3) is 0 Å². The van der Waals surface area contributed by atoms with Gasteiger partial charge in [-0.25, -0.2) is 0 Å². The van der Waals surface area contributed by atoms with Crippen molar-refractivity contribution in [1.29, 1.82) is 0 Å². The Morgan fingerprint density at radius 3 is 2.67 bits per heavy atom. The number of hydrogen-bond acceptors (Lipinski definition) is 3. The van der Waals surface area contributed by atoms with E-state index in [1.807, 2.05) is 31.3 Å². The van der Waals surface area contributed by atoms with Crippen LogP contribution in [0.3, 0.4) is 0 Å². The minimum absolute atomic E-state index is 0.756. The second-order valence-electron chi connectivity index (χ2n) is 3.58. The molecule has 0 aliphatic rings. The molecule has 0 saturated carbocycles. The molecule has 2 aromatic heterocycles. The van der Waals surface area contributed by atoms with E-state index in [-0.39, 0.29) is 0 Å². The number of aryl methyl sites for hydroxylation is 1. The monoisotopic (exact) mass is 199 g/mol. The Morgan fingerprint density at radius 2 is 2.00 bits per heavy atom. The fourth-order valence-electron chi connectivity index (χ4n) is 1.46. The van der Waals surface area contributed by atoms with Crippen LogP contribution in [0.5, 0.6) is 0 Å². The van der Waals surface area contributed by atoms with Gasteiger partial charge < -0.3 is 5.73 Å². The Bertz CT molecular complexity index is 452. The standard InChI is InChI=1S/C12H13N3/c1-9-6-11(13)12(15-8-9)7-10-2-4-14-5-3-10/h2-6,8H,7,13H2,1H3. The van der Waals surface area contributed by atoms with Crippen LogP contribution < -0.4 is 5.73 Å². The van der Waals surface area contributed by atoms with Gasteiger partial charge in [0.15, 0.2) is 0 Å². The van der Waals surface area contributed by atoms with Crippen molar-refractivity contribution in [1.82, 2.24) is 9.97 Å². The zero-order valence-electron chi connectivity index (χ0n) is 8.64. The summed E-state index contributed by atoms with van der Waals surface area (Å²) in [5.74, 6) is 0. The predicted molar refractivity (Wildman–Crippen MR) is 60.4 cm³/mol. The number of nitrogens with two attached hydrogens (primary N) is 1. The van der Waals surface area contributed by atoms with E-state index in [1.165, 1.54) is 5.56 Å².